The highest BCUT2D eigenvalue weighted by molar-refractivity contribution is 5.88. The van der Waals surface area contributed by atoms with Crippen LogP contribution in [0.3, 0.4) is 0 Å². The molecule has 2 saturated heterocycles. The second kappa shape index (κ2) is 8.07. The van der Waals surface area contributed by atoms with Crippen molar-refractivity contribution in [1.82, 2.24) is 29.5 Å². The average molecular weight is 399 g/mol. The van der Waals surface area contributed by atoms with E-state index in [2.05, 4.69) is 31.7 Å². The number of rotatable bonds is 3. The third-order valence-electron chi connectivity index (χ3n) is 7.05. The smallest absolute Gasteiger partial charge is 0.229 e. The van der Waals surface area contributed by atoms with Gasteiger partial charge >= 0.3 is 0 Å². The summed E-state index contributed by atoms with van der Waals surface area (Å²) in [4.78, 5) is 19.9. The van der Waals surface area contributed by atoms with Gasteiger partial charge in [0.15, 0.2) is 5.65 Å². The molecule has 0 N–H and O–H groups in total. The van der Waals surface area contributed by atoms with Crippen LogP contribution >= 0.6 is 0 Å². The topological polar surface area (TPSA) is 56.6 Å². The number of hydrogen-bond donors (Lipinski definition) is 0. The molecule has 1 aliphatic carbocycles. The number of piperazine rings is 2. The minimum Gasteiger partial charge on any atom is -0.353 e. The van der Waals surface area contributed by atoms with E-state index >= 15 is 0 Å². The predicted molar refractivity (Wildman–Crippen MR) is 117 cm³/mol. The fourth-order valence-corrected chi connectivity index (χ4v) is 5.13. The highest BCUT2D eigenvalue weighted by Gasteiger charge is 2.28. The predicted octanol–water partition coefficient (Wildman–Crippen LogP) is 1.57. The Hall–Kier alpha value is -1.93. The van der Waals surface area contributed by atoms with Gasteiger partial charge in [0.25, 0.3) is 0 Å². The summed E-state index contributed by atoms with van der Waals surface area (Å²) in [6, 6.07) is 0.798. The molecule has 2 aromatic heterocycles. The molecule has 29 heavy (non-hydrogen) atoms. The maximum Gasteiger partial charge on any atom is 0.229 e. The van der Waals surface area contributed by atoms with Crippen molar-refractivity contribution in [2.24, 2.45) is 7.05 Å². The molecule has 1 saturated carbocycles. The van der Waals surface area contributed by atoms with Crippen molar-refractivity contribution in [2.75, 3.05) is 69.2 Å². The molecule has 4 heterocycles. The average Bonchev–Trinajstić information content (AvgIpc) is 3.15. The Kier molecular flexibility index (Phi) is 5.30. The van der Waals surface area contributed by atoms with Crippen molar-refractivity contribution in [2.45, 2.75) is 38.1 Å². The van der Waals surface area contributed by atoms with E-state index in [1.54, 1.807) is 0 Å². The molecule has 5 rings (SSSR count). The summed E-state index contributed by atoms with van der Waals surface area (Å²) in [6.45, 7) is 8.44. The Morgan fingerprint density at radius 3 is 2.21 bits per heavy atom. The van der Waals surface area contributed by atoms with Crippen molar-refractivity contribution >= 4 is 22.8 Å². The van der Waals surface area contributed by atoms with E-state index in [0.717, 1.165) is 81.2 Å². The third kappa shape index (κ3) is 3.80. The SMILES string of the molecule is CN1CCN(c2nc(N3CCN(C4CCCCC4)CC3)nc3c2cnn3C)CC1. The van der Waals surface area contributed by atoms with E-state index in [0.29, 0.717) is 0 Å². The van der Waals surface area contributed by atoms with Gasteiger partial charge in [0.05, 0.1) is 11.6 Å². The van der Waals surface area contributed by atoms with Gasteiger partial charge in [-0.05, 0) is 19.9 Å². The van der Waals surface area contributed by atoms with Gasteiger partial charge in [0, 0.05) is 65.4 Å². The van der Waals surface area contributed by atoms with Crippen LogP contribution in [-0.4, -0.2) is 95.0 Å². The van der Waals surface area contributed by atoms with Gasteiger partial charge in [0.1, 0.15) is 5.82 Å². The zero-order valence-corrected chi connectivity index (χ0v) is 17.9. The zero-order valence-electron chi connectivity index (χ0n) is 17.9. The molecule has 0 bridgehead atoms. The molecule has 3 fully saturated rings. The normalized spacial score (nSPS) is 23.2. The van der Waals surface area contributed by atoms with E-state index in [4.69, 9.17) is 9.97 Å². The van der Waals surface area contributed by atoms with Crippen LogP contribution in [0.1, 0.15) is 32.1 Å². The van der Waals surface area contributed by atoms with Crippen molar-refractivity contribution < 1.29 is 0 Å². The maximum atomic E-state index is 5.07. The molecule has 0 aromatic carbocycles. The molecule has 158 valence electrons. The van der Waals surface area contributed by atoms with E-state index in [-0.39, 0.29) is 0 Å². The lowest BCUT2D eigenvalue weighted by Crippen LogP contribution is -2.51. The first-order chi connectivity index (χ1) is 14.2. The number of aromatic nitrogens is 4. The first-order valence-corrected chi connectivity index (χ1v) is 11.3. The van der Waals surface area contributed by atoms with Gasteiger partial charge in [-0.25, -0.2) is 0 Å². The Balaban J connectivity index is 1.37. The number of nitrogens with zero attached hydrogens (tertiary/aromatic N) is 8. The van der Waals surface area contributed by atoms with Crippen LogP contribution in [-0.2, 0) is 7.05 Å². The lowest BCUT2D eigenvalue weighted by atomic mass is 9.94. The van der Waals surface area contributed by atoms with Crippen molar-refractivity contribution in [3.63, 3.8) is 0 Å². The van der Waals surface area contributed by atoms with Gasteiger partial charge in [-0.3, -0.25) is 9.58 Å². The standard InChI is InChI=1S/C21H34N8/c1-25-8-10-28(11-9-25)20-18-16-22-26(2)19(18)23-21(24-20)29-14-12-27(13-15-29)17-6-4-3-5-7-17/h16-17H,3-15H2,1-2H3. The number of anilines is 2. The maximum absolute atomic E-state index is 5.07. The van der Waals surface area contributed by atoms with Crippen LogP contribution < -0.4 is 9.80 Å². The molecule has 0 atom stereocenters. The van der Waals surface area contributed by atoms with Crippen LogP contribution in [0.15, 0.2) is 6.20 Å². The van der Waals surface area contributed by atoms with Gasteiger partial charge in [-0.1, -0.05) is 19.3 Å². The fourth-order valence-electron chi connectivity index (χ4n) is 5.13. The third-order valence-corrected chi connectivity index (χ3v) is 7.05. The number of fused-ring (bicyclic) bond motifs is 1. The summed E-state index contributed by atoms with van der Waals surface area (Å²) >= 11 is 0. The molecular formula is C21H34N8. The monoisotopic (exact) mass is 398 g/mol. The minimum atomic E-state index is 0.798. The molecule has 8 heteroatoms. The van der Waals surface area contributed by atoms with E-state index in [1.165, 1.54) is 32.1 Å². The van der Waals surface area contributed by atoms with Gasteiger partial charge in [0.2, 0.25) is 5.95 Å². The molecule has 0 radical (unpaired) electrons. The molecule has 0 amide bonds. The van der Waals surface area contributed by atoms with Crippen LogP contribution in [0.5, 0.6) is 0 Å². The molecular weight excluding hydrogens is 364 g/mol. The first kappa shape index (κ1) is 19.1. The molecule has 0 unspecified atom stereocenters. The van der Waals surface area contributed by atoms with Gasteiger partial charge in [-0.2, -0.15) is 15.1 Å². The molecule has 2 aliphatic heterocycles. The van der Waals surface area contributed by atoms with Crippen LogP contribution in [0, 0.1) is 0 Å². The summed E-state index contributed by atoms with van der Waals surface area (Å²) in [7, 11) is 4.17. The Labute approximate surface area is 173 Å². The number of hydrogen-bond acceptors (Lipinski definition) is 7. The van der Waals surface area contributed by atoms with E-state index in [9.17, 15) is 0 Å². The highest BCUT2D eigenvalue weighted by atomic mass is 15.4. The fraction of sp³-hybridized carbons (Fsp3) is 0.762. The number of aryl methyl sites for hydroxylation is 1. The highest BCUT2D eigenvalue weighted by Crippen LogP contribution is 2.28. The Morgan fingerprint density at radius 1 is 0.793 bits per heavy atom. The van der Waals surface area contributed by atoms with Crippen LogP contribution in [0.25, 0.3) is 11.0 Å². The van der Waals surface area contributed by atoms with Gasteiger partial charge < -0.3 is 14.7 Å². The second-order valence-corrected chi connectivity index (χ2v) is 8.96. The molecule has 0 spiro atoms. The van der Waals surface area contributed by atoms with E-state index < -0.39 is 0 Å². The van der Waals surface area contributed by atoms with Crippen LogP contribution in [0.4, 0.5) is 11.8 Å². The van der Waals surface area contributed by atoms with Crippen LogP contribution in [0.2, 0.25) is 0 Å². The van der Waals surface area contributed by atoms with Crippen molar-refractivity contribution in [3.8, 4) is 0 Å². The lowest BCUT2D eigenvalue weighted by molar-refractivity contribution is 0.147. The zero-order chi connectivity index (χ0) is 19.8. The molecule has 8 nitrogen and oxygen atoms in total. The summed E-state index contributed by atoms with van der Waals surface area (Å²) in [6.07, 6.45) is 8.91. The quantitative estimate of drug-likeness (QED) is 0.778. The largest absolute Gasteiger partial charge is 0.353 e. The lowest BCUT2D eigenvalue weighted by Gasteiger charge is -2.41. The Bertz CT molecular complexity index is 827. The molecule has 3 aliphatic rings. The van der Waals surface area contributed by atoms with E-state index in [1.807, 2.05) is 17.9 Å². The summed E-state index contributed by atoms with van der Waals surface area (Å²) in [5, 5.41) is 5.55. The van der Waals surface area contributed by atoms with Crippen molar-refractivity contribution in [1.29, 1.82) is 0 Å². The molecule has 2 aromatic rings. The number of likely N-dealkylation sites (N-methyl/N-ethyl adjacent to an activating group) is 1. The minimum absolute atomic E-state index is 0.798. The van der Waals surface area contributed by atoms with Crippen molar-refractivity contribution in [3.05, 3.63) is 6.20 Å². The summed E-state index contributed by atoms with van der Waals surface area (Å²) in [5.74, 6) is 1.93. The van der Waals surface area contributed by atoms with Gasteiger partial charge in [-0.15, -0.1) is 0 Å². The second-order valence-electron chi connectivity index (χ2n) is 8.96. The Morgan fingerprint density at radius 2 is 1.48 bits per heavy atom. The summed E-state index contributed by atoms with van der Waals surface area (Å²) in [5.41, 5.74) is 0.943. The first-order valence-electron chi connectivity index (χ1n) is 11.3. The summed E-state index contributed by atoms with van der Waals surface area (Å²) < 4.78 is 1.89.